The lowest BCUT2D eigenvalue weighted by molar-refractivity contribution is 0.300. The van der Waals surface area contributed by atoms with Gasteiger partial charge in [0.05, 0.1) is 0 Å². The second kappa shape index (κ2) is 8.74. The molecule has 0 aromatic carbocycles. The van der Waals surface area contributed by atoms with E-state index < -0.39 is 10.0 Å². The van der Waals surface area contributed by atoms with E-state index in [1.807, 2.05) is 0 Å². The molecule has 1 aromatic rings. The highest BCUT2D eigenvalue weighted by molar-refractivity contribution is 7.91. The van der Waals surface area contributed by atoms with Crippen LogP contribution < -0.4 is 4.72 Å². The van der Waals surface area contributed by atoms with E-state index in [1.54, 1.807) is 12.1 Å². The summed E-state index contributed by atoms with van der Waals surface area (Å²) in [5.74, 6) is 0. The zero-order chi connectivity index (χ0) is 15.0. The van der Waals surface area contributed by atoms with Crippen LogP contribution in [-0.4, -0.2) is 51.2 Å². The summed E-state index contributed by atoms with van der Waals surface area (Å²) in [7, 11) is -3.40. The number of thiophene rings is 1. The van der Waals surface area contributed by atoms with Gasteiger partial charge in [-0.1, -0.05) is 13.8 Å². The van der Waals surface area contributed by atoms with Gasteiger partial charge in [-0.3, -0.25) is 0 Å². The van der Waals surface area contributed by atoms with Crippen LogP contribution in [0, 0.1) is 0 Å². The fraction of sp³-hybridized carbons (Fsp3) is 0.692. The van der Waals surface area contributed by atoms with Crippen LogP contribution in [0.3, 0.4) is 0 Å². The number of aliphatic hydroxyl groups excluding tert-OH is 1. The average molecular weight is 320 g/mol. The Kier molecular flexibility index (Phi) is 7.68. The maximum absolute atomic E-state index is 12.1. The number of nitrogens with one attached hydrogen (secondary N) is 1. The Balaban J connectivity index is 2.44. The topological polar surface area (TPSA) is 69.6 Å². The van der Waals surface area contributed by atoms with Gasteiger partial charge in [-0.05, 0) is 38.2 Å². The molecule has 116 valence electrons. The highest BCUT2D eigenvalue weighted by atomic mass is 32.2. The first-order valence-electron chi connectivity index (χ1n) is 6.95. The number of sulfonamides is 1. The van der Waals surface area contributed by atoms with E-state index in [0.717, 1.165) is 30.9 Å². The minimum absolute atomic E-state index is 0.0390. The van der Waals surface area contributed by atoms with E-state index in [2.05, 4.69) is 23.5 Å². The molecular weight excluding hydrogens is 296 g/mol. The zero-order valence-electron chi connectivity index (χ0n) is 12.1. The molecule has 20 heavy (non-hydrogen) atoms. The van der Waals surface area contributed by atoms with Gasteiger partial charge in [0, 0.05) is 24.4 Å². The van der Waals surface area contributed by atoms with Gasteiger partial charge in [0.2, 0.25) is 10.0 Å². The van der Waals surface area contributed by atoms with Gasteiger partial charge in [-0.15, -0.1) is 11.3 Å². The van der Waals surface area contributed by atoms with Crippen molar-refractivity contribution in [2.24, 2.45) is 0 Å². The molecule has 1 aromatic heterocycles. The van der Waals surface area contributed by atoms with Crippen molar-refractivity contribution < 1.29 is 13.5 Å². The lowest BCUT2D eigenvalue weighted by Gasteiger charge is -2.17. The van der Waals surface area contributed by atoms with E-state index in [-0.39, 0.29) is 6.61 Å². The fourth-order valence-electron chi connectivity index (χ4n) is 1.87. The minimum Gasteiger partial charge on any atom is -0.396 e. The van der Waals surface area contributed by atoms with Gasteiger partial charge in [-0.2, -0.15) is 0 Å². The molecule has 0 saturated carbocycles. The molecule has 0 radical (unpaired) electrons. The molecule has 0 unspecified atom stereocenters. The van der Waals surface area contributed by atoms with Gasteiger partial charge >= 0.3 is 0 Å². The summed E-state index contributed by atoms with van der Waals surface area (Å²) in [6, 6.07) is 3.35. The molecule has 0 amide bonds. The molecule has 2 N–H and O–H groups in total. The van der Waals surface area contributed by atoms with Crippen LogP contribution in [0.25, 0.3) is 0 Å². The summed E-state index contributed by atoms with van der Waals surface area (Å²) in [6.45, 7) is 7.56. The Morgan fingerprint density at radius 2 is 2.00 bits per heavy atom. The molecule has 0 spiro atoms. The van der Waals surface area contributed by atoms with Gasteiger partial charge in [0.25, 0.3) is 0 Å². The largest absolute Gasteiger partial charge is 0.396 e. The lowest BCUT2D eigenvalue weighted by Crippen LogP contribution is -2.29. The summed E-state index contributed by atoms with van der Waals surface area (Å²) < 4.78 is 27.1. The first kappa shape index (κ1) is 17.6. The first-order valence-corrected chi connectivity index (χ1v) is 9.25. The van der Waals surface area contributed by atoms with E-state index in [4.69, 9.17) is 5.11 Å². The van der Waals surface area contributed by atoms with E-state index in [1.165, 1.54) is 11.3 Å². The van der Waals surface area contributed by atoms with Gasteiger partial charge in [-0.25, -0.2) is 13.1 Å². The summed E-state index contributed by atoms with van der Waals surface area (Å²) in [5.41, 5.74) is 0. The van der Waals surface area contributed by atoms with Crippen LogP contribution in [0.5, 0.6) is 0 Å². The molecule has 1 rings (SSSR count). The van der Waals surface area contributed by atoms with Crippen LogP contribution in [0.15, 0.2) is 16.3 Å². The summed E-state index contributed by atoms with van der Waals surface area (Å²) in [6.07, 6.45) is 1.30. The van der Waals surface area contributed by atoms with Crippen LogP contribution in [0.2, 0.25) is 0 Å². The Hall–Kier alpha value is -0.470. The van der Waals surface area contributed by atoms with Crippen LogP contribution in [0.4, 0.5) is 0 Å². The Bertz CT molecular complexity index is 482. The molecule has 1 heterocycles. The van der Waals surface area contributed by atoms with Crippen LogP contribution >= 0.6 is 11.3 Å². The molecule has 0 aliphatic carbocycles. The number of nitrogens with zero attached hydrogens (tertiary/aromatic N) is 1. The zero-order valence-corrected chi connectivity index (χ0v) is 13.8. The molecule has 0 aliphatic heterocycles. The van der Waals surface area contributed by atoms with Crippen molar-refractivity contribution in [3.63, 3.8) is 0 Å². The van der Waals surface area contributed by atoms with Crippen molar-refractivity contribution in [1.82, 2.24) is 9.62 Å². The summed E-state index contributed by atoms with van der Waals surface area (Å²) in [5, 5.41) is 8.84. The van der Waals surface area contributed by atoms with Crippen molar-refractivity contribution >= 4 is 21.4 Å². The molecule has 0 bridgehead atoms. The molecular formula is C13H24N2O3S2. The van der Waals surface area contributed by atoms with E-state index in [9.17, 15) is 8.42 Å². The van der Waals surface area contributed by atoms with Crippen molar-refractivity contribution in [3.05, 3.63) is 17.0 Å². The Morgan fingerprint density at radius 1 is 1.30 bits per heavy atom. The maximum Gasteiger partial charge on any atom is 0.250 e. The lowest BCUT2D eigenvalue weighted by atomic mass is 10.4. The van der Waals surface area contributed by atoms with E-state index in [0.29, 0.717) is 17.2 Å². The predicted octanol–water partition coefficient (Wildman–Crippen LogP) is 1.29. The molecule has 0 aliphatic rings. The predicted molar refractivity (Wildman–Crippen MR) is 82.7 cm³/mol. The van der Waals surface area contributed by atoms with Gasteiger partial charge < -0.3 is 10.0 Å². The highest BCUT2D eigenvalue weighted by Crippen LogP contribution is 2.21. The van der Waals surface area contributed by atoms with Crippen molar-refractivity contribution in [2.75, 3.05) is 32.8 Å². The van der Waals surface area contributed by atoms with Gasteiger partial charge in [0.15, 0.2) is 0 Å². The molecule has 0 atom stereocenters. The number of hydrogen-bond donors (Lipinski definition) is 2. The van der Waals surface area contributed by atoms with Gasteiger partial charge in [0.1, 0.15) is 4.21 Å². The fourth-order valence-corrected chi connectivity index (χ4v) is 4.33. The number of hydrogen-bond acceptors (Lipinski definition) is 5. The van der Waals surface area contributed by atoms with Crippen LogP contribution in [-0.2, 0) is 16.4 Å². The molecule has 0 fully saturated rings. The monoisotopic (exact) mass is 320 g/mol. The van der Waals surface area contributed by atoms with Crippen molar-refractivity contribution in [1.29, 1.82) is 0 Å². The number of aliphatic hydroxyl groups is 1. The smallest absolute Gasteiger partial charge is 0.250 e. The third-order valence-electron chi connectivity index (χ3n) is 3.10. The first-order chi connectivity index (χ1) is 9.53. The second-order valence-electron chi connectivity index (χ2n) is 4.47. The van der Waals surface area contributed by atoms with Crippen molar-refractivity contribution in [3.8, 4) is 0 Å². The quantitative estimate of drug-likeness (QED) is 0.638. The van der Waals surface area contributed by atoms with Crippen LogP contribution in [0.1, 0.15) is 25.1 Å². The standard InChI is InChI=1S/C13H24N2O3S2/c1-3-15(4-2)10-5-9-14-20(17,18)13-7-6-12(19-13)8-11-16/h6-7,14,16H,3-5,8-11H2,1-2H3. The molecule has 0 saturated heterocycles. The highest BCUT2D eigenvalue weighted by Gasteiger charge is 2.16. The second-order valence-corrected chi connectivity index (χ2v) is 7.63. The molecule has 7 heteroatoms. The third kappa shape index (κ3) is 5.49. The molecule has 5 nitrogen and oxygen atoms in total. The third-order valence-corrected chi connectivity index (χ3v) is 6.20. The normalized spacial score (nSPS) is 12.2. The van der Waals surface area contributed by atoms with Crippen molar-refractivity contribution in [2.45, 2.75) is 30.9 Å². The number of rotatable bonds is 10. The summed E-state index contributed by atoms with van der Waals surface area (Å²) >= 11 is 1.22. The SMILES string of the molecule is CCN(CC)CCCNS(=O)(=O)c1ccc(CCO)s1. The summed E-state index contributed by atoms with van der Waals surface area (Å²) in [4.78, 5) is 3.15. The Labute approximate surface area is 125 Å². The average Bonchev–Trinajstić information content (AvgIpc) is 2.89. The van der Waals surface area contributed by atoms with E-state index >= 15 is 0 Å². The minimum atomic E-state index is -3.40. The Morgan fingerprint density at radius 3 is 2.60 bits per heavy atom. The maximum atomic E-state index is 12.1.